The van der Waals surface area contributed by atoms with Gasteiger partial charge in [-0.15, -0.1) is 0 Å². The van der Waals surface area contributed by atoms with Crippen LogP contribution in [0.2, 0.25) is 0 Å². The first-order valence-electron chi connectivity index (χ1n) is 7.78. The number of methoxy groups -OCH3 is 1. The van der Waals surface area contributed by atoms with E-state index in [0.717, 1.165) is 43.3 Å². The van der Waals surface area contributed by atoms with Gasteiger partial charge in [-0.2, -0.15) is 5.26 Å². The molecule has 0 bridgehead atoms. The second kappa shape index (κ2) is 7.01. The summed E-state index contributed by atoms with van der Waals surface area (Å²) < 4.78 is 5.45. The van der Waals surface area contributed by atoms with Gasteiger partial charge in [0.15, 0.2) is 0 Å². The Morgan fingerprint density at radius 1 is 1.39 bits per heavy atom. The monoisotopic (exact) mass is 308 g/mol. The van der Waals surface area contributed by atoms with Crippen molar-refractivity contribution in [2.24, 2.45) is 5.92 Å². The fourth-order valence-corrected chi connectivity index (χ4v) is 2.95. The highest BCUT2D eigenvalue weighted by Gasteiger charge is 2.24. The molecule has 0 aliphatic carbocycles. The normalized spacial score (nSPS) is 16.9. The van der Waals surface area contributed by atoms with E-state index in [9.17, 15) is 0 Å². The molecule has 5 nitrogen and oxygen atoms in total. The van der Waals surface area contributed by atoms with E-state index < -0.39 is 0 Å². The zero-order valence-corrected chi connectivity index (χ0v) is 13.2. The van der Waals surface area contributed by atoms with E-state index in [4.69, 9.17) is 10.00 Å². The second-order valence-corrected chi connectivity index (χ2v) is 5.70. The molecule has 0 spiro atoms. The molecule has 2 aromatic rings. The Labute approximate surface area is 136 Å². The lowest BCUT2D eigenvalue weighted by Gasteiger charge is -2.21. The van der Waals surface area contributed by atoms with E-state index in [0.29, 0.717) is 11.5 Å². The van der Waals surface area contributed by atoms with Gasteiger partial charge >= 0.3 is 0 Å². The molecule has 0 amide bonds. The number of rotatable bonds is 5. The van der Waals surface area contributed by atoms with Gasteiger partial charge in [-0.05, 0) is 36.6 Å². The molecule has 1 atom stereocenters. The molecule has 3 rings (SSSR count). The SMILES string of the molecule is COc1ccccc1N1CCC(CNc2cc(C#N)ccn2)C1. The molecular formula is C18H20N4O. The van der Waals surface area contributed by atoms with Crippen LogP contribution in [-0.2, 0) is 0 Å². The number of hydrogen-bond acceptors (Lipinski definition) is 5. The minimum Gasteiger partial charge on any atom is -0.495 e. The van der Waals surface area contributed by atoms with Crippen molar-refractivity contribution in [1.82, 2.24) is 4.98 Å². The number of aromatic nitrogens is 1. The Hall–Kier alpha value is -2.74. The highest BCUT2D eigenvalue weighted by molar-refractivity contribution is 5.59. The van der Waals surface area contributed by atoms with Gasteiger partial charge in [-0.25, -0.2) is 4.98 Å². The summed E-state index contributed by atoms with van der Waals surface area (Å²) in [6, 6.07) is 13.8. The third kappa shape index (κ3) is 3.54. The van der Waals surface area contributed by atoms with Crippen LogP contribution in [0.15, 0.2) is 42.6 Å². The third-order valence-corrected chi connectivity index (χ3v) is 4.17. The molecule has 118 valence electrons. The lowest BCUT2D eigenvalue weighted by atomic mass is 10.1. The number of anilines is 2. The first-order chi connectivity index (χ1) is 11.3. The van der Waals surface area contributed by atoms with Gasteiger partial charge in [0.1, 0.15) is 11.6 Å². The third-order valence-electron chi connectivity index (χ3n) is 4.17. The van der Waals surface area contributed by atoms with Gasteiger partial charge in [0.25, 0.3) is 0 Å². The standard InChI is InChI=1S/C18H20N4O/c1-23-17-5-3-2-4-16(17)22-9-7-15(13-22)12-21-18-10-14(11-19)6-8-20-18/h2-6,8,10,15H,7,9,12-13H2,1H3,(H,20,21). The van der Waals surface area contributed by atoms with Gasteiger partial charge in [-0.3, -0.25) is 0 Å². The van der Waals surface area contributed by atoms with E-state index in [2.05, 4.69) is 27.3 Å². The topological polar surface area (TPSA) is 61.2 Å². The van der Waals surface area contributed by atoms with Crippen LogP contribution in [0.1, 0.15) is 12.0 Å². The molecule has 23 heavy (non-hydrogen) atoms. The summed E-state index contributed by atoms with van der Waals surface area (Å²) in [5, 5.41) is 12.3. The molecule has 1 aromatic heterocycles. The van der Waals surface area contributed by atoms with E-state index in [1.54, 1.807) is 25.4 Å². The highest BCUT2D eigenvalue weighted by atomic mass is 16.5. The fraction of sp³-hybridized carbons (Fsp3) is 0.333. The maximum atomic E-state index is 8.93. The predicted molar refractivity (Wildman–Crippen MR) is 90.8 cm³/mol. The Morgan fingerprint density at radius 3 is 3.09 bits per heavy atom. The zero-order valence-electron chi connectivity index (χ0n) is 13.2. The van der Waals surface area contributed by atoms with Crippen LogP contribution in [-0.4, -0.2) is 31.7 Å². The second-order valence-electron chi connectivity index (χ2n) is 5.70. The van der Waals surface area contributed by atoms with Crippen molar-refractivity contribution in [2.45, 2.75) is 6.42 Å². The fourth-order valence-electron chi connectivity index (χ4n) is 2.95. The number of benzene rings is 1. The molecule has 1 aromatic carbocycles. The van der Waals surface area contributed by atoms with Crippen LogP contribution in [0.25, 0.3) is 0 Å². The molecule has 1 unspecified atom stereocenters. The average Bonchev–Trinajstić information content (AvgIpc) is 3.09. The lowest BCUT2D eigenvalue weighted by molar-refractivity contribution is 0.414. The summed E-state index contributed by atoms with van der Waals surface area (Å²) in [7, 11) is 1.71. The van der Waals surface area contributed by atoms with E-state index in [1.165, 1.54) is 0 Å². The molecule has 1 N–H and O–H groups in total. The predicted octanol–water partition coefficient (Wildman–Crippen LogP) is 2.90. The van der Waals surface area contributed by atoms with Crippen LogP contribution >= 0.6 is 0 Å². The quantitative estimate of drug-likeness (QED) is 0.920. The molecule has 1 saturated heterocycles. The Kier molecular flexibility index (Phi) is 4.62. The Balaban J connectivity index is 1.59. The molecule has 1 fully saturated rings. The first-order valence-corrected chi connectivity index (χ1v) is 7.78. The van der Waals surface area contributed by atoms with Crippen LogP contribution in [0.3, 0.4) is 0 Å². The van der Waals surface area contributed by atoms with Gasteiger partial charge in [0.2, 0.25) is 0 Å². The number of ether oxygens (including phenoxy) is 1. The van der Waals surface area contributed by atoms with Crippen molar-refractivity contribution in [3.8, 4) is 11.8 Å². The molecule has 1 aliphatic heterocycles. The van der Waals surface area contributed by atoms with Crippen molar-refractivity contribution in [3.63, 3.8) is 0 Å². The highest BCUT2D eigenvalue weighted by Crippen LogP contribution is 2.31. The van der Waals surface area contributed by atoms with Crippen molar-refractivity contribution < 1.29 is 4.74 Å². The number of nitrogens with zero attached hydrogens (tertiary/aromatic N) is 3. The van der Waals surface area contributed by atoms with Crippen molar-refractivity contribution >= 4 is 11.5 Å². The largest absolute Gasteiger partial charge is 0.495 e. The zero-order chi connectivity index (χ0) is 16.1. The van der Waals surface area contributed by atoms with Crippen LogP contribution in [0.5, 0.6) is 5.75 Å². The van der Waals surface area contributed by atoms with Crippen LogP contribution < -0.4 is 15.0 Å². The molecular weight excluding hydrogens is 288 g/mol. The van der Waals surface area contributed by atoms with Crippen molar-refractivity contribution in [3.05, 3.63) is 48.2 Å². The number of pyridine rings is 1. The summed E-state index contributed by atoms with van der Waals surface area (Å²) >= 11 is 0. The van der Waals surface area contributed by atoms with Gasteiger partial charge < -0.3 is 15.0 Å². The number of nitrogens with one attached hydrogen (secondary N) is 1. The molecule has 5 heteroatoms. The van der Waals surface area contributed by atoms with Crippen molar-refractivity contribution in [2.75, 3.05) is 37.0 Å². The minimum atomic E-state index is 0.549. The van der Waals surface area contributed by atoms with Gasteiger partial charge in [0, 0.05) is 25.8 Å². The number of hydrogen-bond donors (Lipinski definition) is 1. The number of nitriles is 1. The average molecular weight is 308 g/mol. The van der Waals surface area contributed by atoms with Crippen LogP contribution in [0.4, 0.5) is 11.5 Å². The van der Waals surface area contributed by atoms with E-state index >= 15 is 0 Å². The summed E-state index contributed by atoms with van der Waals surface area (Å²) in [6.07, 6.45) is 2.79. The van der Waals surface area contributed by atoms with Crippen molar-refractivity contribution in [1.29, 1.82) is 5.26 Å². The maximum absolute atomic E-state index is 8.93. The summed E-state index contributed by atoms with van der Waals surface area (Å²) in [5.74, 6) is 2.23. The smallest absolute Gasteiger partial charge is 0.142 e. The lowest BCUT2D eigenvalue weighted by Crippen LogP contribution is -2.23. The van der Waals surface area contributed by atoms with Gasteiger partial charge in [-0.1, -0.05) is 12.1 Å². The van der Waals surface area contributed by atoms with Gasteiger partial charge in [0.05, 0.1) is 24.4 Å². The Bertz CT molecular complexity index is 710. The van der Waals surface area contributed by atoms with E-state index in [-0.39, 0.29) is 0 Å². The summed E-state index contributed by atoms with van der Waals surface area (Å²) in [5.41, 5.74) is 1.78. The molecule has 0 saturated carbocycles. The molecule has 0 radical (unpaired) electrons. The number of para-hydroxylation sites is 2. The minimum absolute atomic E-state index is 0.549. The van der Waals surface area contributed by atoms with Crippen LogP contribution in [0, 0.1) is 17.2 Å². The maximum Gasteiger partial charge on any atom is 0.142 e. The first kappa shape index (κ1) is 15.2. The Morgan fingerprint density at radius 2 is 2.26 bits per heavy atom. The molecule has 1 aliphatic rings. The summed E-state index contributed by atoms with van der Waals surface area (Å²) in [6.45, 7) is 2.87. The summed E-state index contributed by atoms with van der Waals surface area (Å²) in [4.78, 5) is 6.62. The van der Waals surface area contributed by atoms with E-state index in [1.807, 2.05) is 18.2 Å². The molecule has 2 heterocycles.